The van der Waals surface area contributed by atoms with Crippen LogP contribution in [0, 0.1) is 5.92 Å². The molecule has 3 aliphatic heterocycles. The van der Waals surface area contributed by atoms with E-state index in [9.17, 15) is 24.6 Å². The number of hydrogen-bond donors (Lipinski definition) is 5. The number of unbranched alkanes of at least 4 members (excludes halogenated alkanes) is 1. The molecule has 9 rings (SSSR count). The van der Waals surface area contributed by atoms with E-state index < -0.39 is 23.7 Å². The van der Waals surface area contributed by atoms with Gasteiger partial charge < -0.3 is 40.0 Å². The Hall–Kier alpha value is -5.69. The Morgan fingerprint density at radius 2 is 1.68 bits per heavy atom. The van der Waals surface area contributed by atoms with E-state index >= 15 is 0 Å². The number of hydrogen-bond acceptors (Lipinski definition) is 10. The molecule has 12 nitrogen and oxygen atoms in total. The summed E-state index contributed by atoms with van der Waals surface area (Å²) in [6.07, 6.45) is 3.74. The van der Waals surface area contributed by atoms with Crippen LogP contribution in [0.1, 0.15) is 78.5 Å². The normalized spacial score (nSPS) is 20.1. The van der Waals surface area contributed by atoms with Gasteiger partial charge in [-0.15, -0.1) is 0 Å². The van der Waals surface area contributed by atoms with Crippen LogP contribution in [0.15, 0.2) is 108 Å². The Morgan fingerprint density at radius 1 is 0.898 bits per heavy atom. The van der Waals surface area contributed by atoms with E-state index in [4.69, 9.17) is 14.2 Å². The van der Waals surface area contributed by atoms with Crippen LogP contribution in [0.5, 0.6) is 11.5 Å². The summed E-state index contributed by atoms with van der Waals surface area (Å²) < 4.78 is 18.0. The highest BCUT2D eigenvalue weighted by atomic mass is 16.6. The number of phenols is 1. The Morgan fingerprint density at radius 3 is 2.42 bits per heavy atom. The maximum Gasteiger partial charge on any atom is 0.408 e. The fourth-order valence-electron chi connectivity index (χ4n) is 8.50. The Labute approximate surface area is 343 Å². The summed E-state index contributed by atoms with van der Waals surface area (Å²) in [5.74, 6) is 0.854. The lowest BCUT2D eigenvalue weighted by Gasteiger charge is -2.43. The standard InChI is InChI=1S/C47H52N4O8/c52-39-17-15-37(38-16-18-42(54)49-44(38)39)40(53)28-48-23-4-5-26-57-45(55)47(21-22-47)35-13-11-31(12-14-35)30-58-36-10-6-9-34(27-36)43(33-7-2-1-3-8-33)50-46(56)59-41-29-51-24-19-32(41)20-25-51/h1-3,6-18,27,32,40-41,43,48,52-53H,4-5,19-26,28-30H2,(H,49,54)(H,50,56)/t40-,41-,43?/m0/s1. The largest absolute Gasteiger partial charge is 0.506 e. The van der Waals surface area contributed by atoms with Gasteiger partial charge in [0, 0.05) is 24.5 Å². The second-order valence-electron chi connectivity index (χ2n) is 16.1. The van der Waals surface area contributed by atoms with E-state index in [1.165, 1.54) is 12.1 Å². The van der Waals surface area contributed by atoms with Gasteiger partial charge in [0.15, 0.2) is 0 Å². The first-order valence-corrected chi connectivity index (χ1v) is 20.7. The van der Waals surface area contributed by atoms with Crippen molar-refractivity contribution in [2.24, 2.45) is 5.92 Å². The first-order chi connectivity index (χ1) is 28.8. The summed E-state index contributed by atoms with van der Waals surface area (Å²) in [6.45, 7) is 4.53. The van der Waals surface area contributed by atoms with Gasteiger partial charge in [-0.1, -0.05) is 72.8 Å². The molecule has 1 aliphatic carbocycles. The predicted octanol–water partition coefficient (Wildman–Crippen LogP) is 6.40. The molecule has 1 amide bonds. The maximum absolute atomic E-state index is 13.3. The van der Waals surface area contributed by atoms with E-state index in [0.717, 1.165) is 74.0 Å². The Balaban J connectivity index is 0.789. The minimum atomic E-state index is -0.834. The summed E-state index contributed by atoms with van der Waals surface area (Å²) in [4.78, 5) is 43.2. The third-order valence-corrected chi connectivity index (χ3v) is 12.1. The van der Waals surface area contributed by atoms with E-state index in [0.29, 0.717) is 60.9 Å². The maximum atomic E-state index is 13.3. The number of aromatic nitrogens is 1. The van der Waals surface area contributed by atoms with Crippen molar-refractivity contribution in [3.05, 3.63) is 141 Å². The predicted molar refractivity (Wildman–Crippen MR) is 223 cm³/mol. The number of aliphatic hydroxyl groups excluding tert-OH is 1. The number of amides is 1. The van der Waals surface area contributed by atoms with Crippen LogP contribution < -0.4 is 20.9 Å². The van der Waals surface area contributed by atoms with Gasteiger partial charge in [-0.25, -0.2) is 4.79 Å². The molecule has 1 aromatic heterocycles. The van der Waals surface area contributed by atoms with Gasteiger partial charge in [0.05, 0.1) is 29.7 Å². The quantitative estimate of drug-likeness (QED) is 0.0526. The fraction of sp³-hybridized carbons (Fsp3) is 0.383. The molecule has 308 valence electrons. The number of H-pyrrole nitrogens is 1. The number of alkyl carbamates (subject to hydrolysis) is 1. The zero-order valence-corrected chi connectivity index (χ0v) is 33.1. The SMILES string of the molecule is O=C(NC(c1ccccc1)c1cccc(OCc2ccc(C3(C(=O)OCCCCNC[C@H](O)c4ccc(O)c5[nH]c(=O)ccc45)CC3)cc2)c1)O[C@H]1CN2CCC1CC2. The van der Waals surface area contributed by atoms with Crippen LogP contribution in [0.25, 0.3) is 10.9 Å². The molecule has 4 aromatic carbocycles. The Bertz CT molecular complexity index is 2290. The molecular formula is C47H52N4O8. The van der Waals surface area contributed by atoms with E-state index in [-0.39, 0.29) is 23.4 Å². The number of aromatic hydroxyl groups is 1. The highest BCUT2D eigenvalue weighted by molar-refractivity contribution is 5.87. The summed E-state index contributed by atoms with van der Waals surface area (Å²) in [7, 11) is 0. The minimum absolute atomic E-state index is 0.0483. The van der Waals surface area contributed by atoms with E-state index in [2.05, 4.69) is 20.5 Å². The second-order valence-corrected chi connectivity index (χ2v) is 16.1. The monoisotopic (exact) mass is 800 g/mol. The first-order valence-electron chi connectivity index (χ1n) is 20.7. The van der Waals surface area contributed by atoms with Crippen LogP contribution in [0.3, 0.4) is 0 Å². The topological polar surface area (TPSA) is 162 Å². The highest BCUT2D eigenvalue weighted by Crippen LogP contribution is 2.49. The second kappa shape index (κ2) is 18.1. The molecule has 4 heterocycles. The molecular weight excluding hydrogens is 749 g/mol. The highest BCUT2D eigenvalue weighted by Gasteiger charge is 2.52. The molecule has 59 heavy (non-hydrogen) atoms. The number of nitrogens with zero attached hydrogens (tertiary/aromatic N) is 1. The number of pyridine rings is 1. The molecule has 0 spiro atoms. The van der Waals surface area contributed by atoms with Crippen LogP contribution in [0.4, 0.5) is 4.79 Å². The van der Waals surface area contributed by atoms with Gasteiger partial charge in [0.1, 0.15) is 24.2 Å². The first kappa shape index (κ1) is 40.1. The fourth-order valence-corrected chi connectivity index (χ4v) is 8.50. The van der Waals surface area contributed by atoms with E-state index in [1.807, 2.05) is 78.9 Å². The van der Waals surface area contributed by atoms with Crippen LogP contribution >= 0.6 is 0 Å². The molecule has 5 N–H and O–H groups in total. The molecule has 3 saturated heterocycles. The number of esters is 1. The van der Waals surface area contributed by atoms with Crippen molar-refractivity contribution in [1.29, 1.82) is 0 Å². The lowest BCUT2D eigenvalue weighted by atomic mass is 9.86. The zero-order chi connectivity index (χ0) is 40.8. The number of aliphatic hydroxyl groups is 1. The summed E-state index contributed by atoms with van der Waals surface area (Å²) in [5, 5.41) is 27.8. The molecule has 12 heteroatoms. The van der Waals surface area contributed by atoms with Crippen molar-refractivity contribution in [3.63, 3.8) is 0 Å². The Kier molecular flexibility index (Phi) is 12.3. The number of piperidine rings is 3. The van der Waals surface area contributed by atoms with Crippen molar-refractivity contribution >= 4 is 23.0 Å². The van der Waals surface area contributed by atoms with Crippen molar-refractivity contribution in [1.82, 2.24) is 20.5 Å². The minimum Gasteiger partial charge on any atom is -0.506 e. The van der Waals surface area contributed by atoms with Gasteiger partial charge in [-0.2, -0.15) is 0 Å². The van der Waals surface area contributed by atoms with Crippen molar-refractivity contribution in [3.8, 4) is 11.5 Å². The number of fused-ring (bicyclic) bond motifs is 4. The van der Waals surface area contributed by atoms with Gasteiger partial charge in [0.2, 0.25) is 5.56 Å². The summed E-state index contributed by atoms with van der Waals surface area (Å²) in [6, 6.07) is 31.3. The number of carbonyl (C=O) groups excluding carboxylic acids is 2. The molecule has 1 saturated carbocycles. The van der Waals surface area contributed by atoms with Crippen molar-refractivity contribution in [2.45, 2.75) is 68.8 Å². The number of benzene rings is 4. The third kappa shape index (κ3) is 9.46. The summed E-state index contributed by atoms with van der Waals surface area (Å²) >= 11 is 0. The molecule has 0 radical (unpaired) electrons. The van der Waals surface area contributed by atoms with Gasteiger partial charge in [0.25, 0.3) is 0 Å². The van der Waals surface area contributed by atoms with Gasteiger partial charge >= 0.3 is 12.1 Å². The van der Waals surface area contributed by atoms with E-state index in [1.54, 1.807) is 12.1 Å². The van der Waals surface area contributed by atoms with Crippen LogP contribution in [-0.2, 0) is 26.3 Å². The number of ether oxygens (including phenoxy) is 3. The molecule has 3 atom stereocenters. The number of nitrogens with one attached hydrogen (secondary N) is 3. The number of phenolic OH excluding ortho intramolecular Hbond substituents is 1. The lowest BCUT2D eigenvalue weighted by Crippen LogP contribution is -2.52. The lowest BCUT2D eigenvalue weighted by molar-refractivity contribution is -0.146. The molecule has 2 bridgehead atoms. The van der Waals surface area contributed by atoms with Gasteiger partial charge in [-0.3, -0.25) is 14.5 Å². The van der Waals surface area contributed by atoms with Gasteiger partial charge in [-0.05, 0) is 116 Å². The number of carbonyl (C=O) groups is 2. The summed E-state index contributed by atoms with van der Waals surface area (Å²) in [5.41, 5.74) is 3.72. The third-order valence-electron chi connectivity index (χ3n) is 12.1. The zero-order valence-electron chi connectivity index (χ0n) is 33.1. The number of aromatic amines is 1. The van der Waals surface area contributed by atoms with Crippen LogP contribution in [0.2, 0.25) is 0 Å². The molecule has 1 unspecified atom stereocenters. The molecule has 4 aliphatic rings. The smallest absolute Gasteiger partial charge is 0.408 e. The molecule has 4 fully saturated rings. The average molecular weight is 801 g/mol. The molecule has 5 aromatic rings. The average Bonchev–Trinajstić information content (AvgIpc) is 4.08. The number of rotatable bonds is 17. The van der Waals surface area contributed by atoms with Crippen LogP contribution in [-0.4, -0.2) is 77.6 Å². The van der Waals surface area contributed by atoms with Crippen molar-refractivity contribution < 1.29 is 34.0 Å². The van der Waals surface area contributed by atoms with Crippen molar-refractivity contribution in [2.75, 3.05) is 39.3 Å².